The second kappa shape index (κ2) is 3.24. The average Bonchev–Trinajstić information content (AvgIpc) is 2.42. The quantitative estimate of drug-likeness (QED) is 0.777. The molecule has 13 heavy (non-hydrogen) atoms. The number of hydrogen-bond donors (Lipinski definition) is 1. The Bertz CT molecular complexity index is 367. The van der Waals surface area contributed by atoms with Gasteiger partial charge in [-0.05, 0) is 18.4 Å². The molecule has 1 N–H and O–H groups in total. The van der Waals surface area contributed by atoms with Crippen LogP contribution in [-0.4, -0.2) is 12.2 Å². The number of halogens is 1. The van der Waals surface area contributed by atoms with Crippen molar-refractivity contribution in [2.45, 2.75) is 5.25 Å². The first-order chi connectivity index (χ1) is 6.24. The van der Waals surface area contributed by atoms with Crippen LogP contribution in [0, 0.1) is 0 Å². The van der Waals surface area contributed by atoms with E-state index in [1.54, 1.807) is 0 Å². The fraction of sp³-hybridized carbons (Fsp3) is 0.222. The summed E-state index contributed by atoms with van der Waals surface area (Å²) in [5.41, 5.74) is 1.76. The molecule has 0 spiro atoms. The molecule has 2 nitrogen and oxygen atoms in total. The van der Waals surface area contributed by atoms with Gasteiger partial charge in [-0.1, -0.05) is 17.7 Å². The van der Waals surface area contributed by atoms with Gasteiger partial charge in [0.1, 0.15) is 5.25 Å². The monoisotopic (exact) mass is 213 g/mol. The van der Waals surface area contributed by atoms with Crippen LogP contribution >= 0.6 is 23.4 Å². The van der Waals surface area contributed by atoms with Gasteiger partial charge in [0.15, 0.2) is 0 Å². The van der Waals surface area contributed by atoms with Gasteiger partial charge < -0.3 is 5.32 Å². The normalized spacial score (nSPS) is 19.8. The standard InChI is InChI=1S/C9H8ClNOS/c1-13-8-7-5(10)3-2-4-6(7)11-9(8)12/h2-4,8H,1H3,(H,11,12). The molecular formula is C9H8ClNOS. The third kappa shape index (κ3) is 1.32. The molecule has 1 aliphatic rings. The zero-order valence-electron chi connectivity index (χ0n) is 7.00. The Labute approximate surface area is 85.7 Å². The van der Waals surface area contributed by atoms with Crippen molar-refractivity contribution in [3.8, 4) is 0 Å². The lowest BCUT2D eigenvalue weighted by atomic mass is 10.1. The van der Waals surface area contributed by atoms with Crippen LogP contribution in [0.25, 0.3) is 0 Å². The van der Waals surface area contributed by atoms with Crippen molar-refractivity contribution in [3.05, 3.63) is 28.8 Å². The summed E-state index contributed by atoms with van der Waals surface area (Å²) in [5.74, 6) is 0.0237. The molecular weight excluding hydrogens is 206 g/mol. The molecule has 1 amide bonds. The van der Waals surface area contributed by atoms with Gasteiger partial charge in [-0.2, -0.15) is 0 Å². The highest BCUT2D eigenvalue weighted by Gasteiger charge is 2.31. The summed E-state index contributed by atoms with van der Waals surface area (Å²) in [6.07, 6.45) is 1.91. The lowest BCUT2D eigenvalue weighted by Crippen LogP contribution is -2.08. The predicted molar refractivity (Wildman–Crippen MR) is 56.3 cm³/mol. The molecule has 1 unspecified atom stereocenters. The smallest absolute Gasteiger partial charge is 0.242 e. The molecule has 0 saturated heterocycles. The van der Waals surface area contributed by atoms with E-state index in [0.29, 0.717) is 5.02 Å². The van der Waals surface area contributed by atoms with Crippen molar-refractivity contribution in [1.29, 1.82) is 0 Å². The second-order valence-corrected chi connectivity index (χ2v) is 4.16. The summed E-state index contributed by atoms with van der Waals surface area (Å²) in [6.45, 7) is 0. The van der Waals surface area contributed by atoms with Gasteiger partial charge in [0.2, 0.25) is 5.91 Å². The first-order valence-electron chi connectivity index (χ1n) is 3.86. The Morgan fingerprint density at radius 2 is 2.31 bits per heavy atom. The summed E-state index contributed by atoms with van der Waals surface area (Å²) in [6, 6.07) is 5.52. The molecule has 1 heterocycles. The Hall–Kier alpha value is -0.670. The van der Waals surface area contributed by atoms with Crippen LogP contribution in [0.4, 0.5) is 5.69 Å². The highest BCUT2D eigenvalue weighted by Crippen LogP contribution is 2.42. The van der Waals surface area contributed by atoms with E-state index in [1.807, 2.05) is 24.5 Å². The van der Waals surface area contributed by atoms with Gasteiger partial charge in [-0.15, -0.1) is 11.8 Å². The number of anilines is 1. The minimum absolute atomic E-state index is 0.0237. The topological polar surface area (TPSA) is 29.1 Å². The first kappa shape index (κ1) is 8.91. The summed E-state index contributed by atoms with van der Waals surface area (Å²) in [5, 5.41) is 3.31. The van der Waals surface area contributed by atoms with E-state index in [0.717, 1.165) is 11.3 Å². The van der Waals surface area contributed by atoms with Crippen molar-refractivity contribution >= 4 is 35.0 Å². The fourth-order valence-corrected chi connectivity index (χ4v) is 2.58. The number of fused-ring (bicyclic) bond motifs is 1. The van der Waals surface area contributed by atoms with E-state index in [4.69, 9.17) is 11.6 Å². The Balaban J connectivity index is 2.55. The Kier molecular flexibility index (Phi) is 2.22. The largest absolute Gasteiger partial charge is 0.324 e. The maximum absolute atomic E-state index is 11.4. The minimum atomic E-state index is -0.149. The molecule has 4 heteroatoms. The zero-order chi connectivity index (χ0) is 9.42. The summed E-state index contributed by atoms with van der Waals surface area (Å²) in [4.78, 5) is 11.4. The third-order valence-electron chi connectivity index (χ3n) is 2.05. The molecule has 1 atom stereocenters. The van der Waals surface area contributed by atoms with Gasteiger partial charge in [-0.3, -0.25) is 4.79 Å². The lowest BCUT2D eigenvalue weighted by Gasteiger charge is -2.05. The van der Waals surface area contributed by atoms with Crippen LogP contribution in [0.5, 0.6) is 0 Å². The first-order valence-corrected chi connectivity index (χ1v) is 5.52. The van der Waals surface area contributed by atoms with Crippen LogP contribution in [-0.2, 0) is 4.79 Å². The van der Waals surface area contributed by atoms with Crippen LogP contribution in [0.15, 0.2) is 18.2 Å². The predicted octanol–water partition coefficient (Wildman–Crippen LogP) is 2.70. The summed E-state index contributed by atoms with van der Waals surface area (Å²) in [7, 11) is 0. The molecule has 0 aliphatic carbocycles. The van der Waals surface area contributed by atoms with E-state index >= 15 is 0 Å². The van der Waals surface area contributed by atoms with Gasteiger partial charge in [-0.25, -0.2) is 0 Å². The molecule has 68 valence electrons. The molecule has 1 aliphatic heterocycles. The maximum Gasteiger partial charge on any atom is 0.242 e. The summed E-state index contributed by atoms with van der Waals surface area (Å²) >= 11 is 7.50. The summed E-state index contributed by atoms with van der Waals surface area (Å²) < 4.78 is 0. The van der Waals surface area contributed by atoms with Gasteiger partial charge in [0.25, 0.3) is 0 Å². The fourth-order valence-electron chi connectivity index (χ4n) is 1.47. The highest BCUT2D eigenvalue weighted by molar-refractivity contribution is 7.99. The van der Waals surface area contributed by atoms with E-state index < -0.39 is 0 Å². The third-order valence-corrected chi connectivity index (χ3v) is 3.30. The van der Waals surface area contributed by atoms with E-state index in [9.17, 15) is 4.79 Å². The van der Waals surface area contributed by atoms with E-state index in [-0.39, 0.29) is 11.2 Å². The molecule has 1 aromatic carbocycles. The number of thioether (sulfide) groups is 1. The van der Waals surface area contributed by atoms with Crippen molar-refractivity contribution < 1.29 is 4.79 Å². The second-order valence-electron chi connectivity index (χ2n) is 2.81. The van der Waals surface area contributed by atoms with Crippen molar-refractivity contribution in [1.82, 2.24) is 0 Å². The minimum Gasteiger partial charge on any atom is -0.324 e. The maximum atomic E-state index is 11.4. The molecule has 0 fully saturated rings. The number of carbonyl (C=O) groups is 1. The highest BCUT2D eigenvalue weighted by atomic mass is 35.5. The molecule has 1 aromatic rings. The van der Waals surface area contributed by atoms with Crippen LogP contribution in [0.1, 0.15) is 10.8 Å². The van der Waals surface area contributed by atoms with Crippen LogP contribution in [0.2, 0.25) is 5.02 Å². The van der Waals surface area contributed by atoms with Crippen LogP contribution in [0.3, 0.4) is 0 Å². The van der Waals surface area contributed by atoms with Crippen molar-refractivity contribution in [3.63, 3.8) is 0 Å². The SMILES string of the molecule is CSC1C(=O)Nc2cccc(Cl)c21. The number of hydrogen-bond acceptors (Lipinski definition) is 2. The number of carbonyl (C=O) groups excluding carboxylic acids is 1. The Morgan fingerprint density at radius 3 is 3.00 bits per heavy atom. The number of benzene rings is 1. The molecule has 2 rings (SSSR count). The zero-order valence-corrected chi connectivity index (χ0v) is 8.58. The van der Waals surface area contributed by atoms with Crippen molar-refractivity contribution in [2.24, 2.45) is 0 Å². The lowest BCUT2D eigenvalue weighted by molar-refractivity contribution is -0.115. The molecule has 0 radical (unpaired) electrons. The van der Waals surface area contributed by atoms with E-state index in [1.165, 1.54) is 11.8 Å². The molecule has 0 aromatic heterocycles. The molecule has 0 bridgehead atoms. The van der Waals surface area contributed by atoms with E-state index in [2.05, 4.69) is 5.32 Å². The molecule has 0 saturated carbocycles. The number of rotatable bonds is 1. The van der Waals surface area contributed by atoms with Gasteiger partial charge in [0, 0.05) is 16.3 Å². The Morgan fingerprint density at radius 1 is 1.54 bits per heavy atom. The van der Waals surface area contributed by atoms with Gasteiger partial charge in [0.05, 0.1) is 0 Å². The van der Waals surface area contributed by atoms with Crippen molar-refractivity contribution in [2.75, 3.05) is 11.6 Å². The number of amides is 1. The van der Waals surface area contributed by atoms with Gasteiger partial charge >= 0.3 is 0 Å². The van der Waals surface area contributed by atoms with Crippen LogP contribution < -0.4 is 5.32 Å². The number of nitrogens with one attached hydrogen (secondary N) is 1. The average molecular weight is 214 g/mol.